The summed E-state index contributed by atoms with van der Waals surface area (Å²) < 4.78 is 0. The Balaban J connectivity index is 0. The van der Waals surface area contributed by atoms with Crippen molar-refractivity contribution in [2.75, 3.05) is 13.1 Å². The number of nitrogens with zero attached hydrogens (tertiary/aromatic N) is 1. The van der Waals surface area contributed by atoms with E-state index in [1.807, 2.05) is 13.8 Å². The number of rotatable bonds is 4. The quantitative estimate of drug-likeness (QED) is 0.691. The number of carbonyl (C=O) groups excluding carboxylic acids is 2. The molecule has 0 aliphatic rings. The number of amides is 1. The molecule has 0 aliphatic heterocycles. The van der Waals surface area contributed by atoms with Gasteiger partial charge in [0.2, 0.25) is 5.91 Å². The summed E-state index contributed by atoms with van der Waals surface area (Å²) in [4.78, 5) is 23.3. The maximum atomic E-state index is 11.1. The first-order chi connectivity index (χ1) is 5.11. The Hall–Kier alpha value is 0.0231. The molecule has 0 atom stereocenters. The fourth-order valence-electron chi connectivity index (χ4n) is 0.901. The molecule has 68 valence electrons. The van der Waals surface area contributed by atoms with Gasteiger partial charge in [-0.05, 0) is 20.8 Å². The van der Waals surface area contributed by atoms with Crippen molar-refractivity contribution in [3.05, 3.63) is 0 Å². The van der Waals surface area contributed by atoms with Crippen molar-refractivity contribution in [2.24, 2.45) is 0 Å². The van der Waals surface area contributed by atoms with Crippen molar-refractivity contribution < 1.29 is 35.8 Å². The smallest absolute Gasteiger partial charge is 0.229 e. The summed E-state index contributed by atoms with van der Waals surface area (Å²) in [6.45, 7) is 6.61. The minimum Gasteiger partial charge on any atom is -0.343 e. The molecule has 0 aromatic heterocycles. The number of hydrogen-bond acceptors (Lipinski definition) is 2. The Labute approximate surface area is 92.6 Å². The van der Waals surface area contributed by atoms with Gasteiger partial charge < -0.3 is 4.90 Å². The van der Waals surface area contributed by atoms with Crippen LogP contribution >= 0.6 is 0 Å². The SMILES string of the molecule is CCN(CC)C(=O)CC(C)=O.[Zr]. The van der Waals surface area contributed by atoms with E-state index in [0.29, 0.717) is 13.1 Å². The molecule has 0 unspecified atom stereocenters. The largest absolute Gasteiger partial charge is 0.343 e. The molecule has 0 aromatic carbocycles. The first-order valence-corrected chi connectivity index (χ1v) is 3.89. The van der Waals surface area contributed by atoms with E-state index in [4.69, 9.17) is 0 Å². The Morgan fingerprint density at radius 1 is 1.17 bits per heavy atom. The van der Waals surface area contributed by atoms with Gasteiger partial charge >= 0.3 is 0 Å². The van der Waals surface area contributed by atoms with E-state index >= 15 is 0 Å². The molecule has 4 heteroatoms. The third-order valence-corrected chi connectivity index (χ3v) is 1.52. The molecule has 0 saturated carbocycles. The van der Waals surface area contributed by atoms with E-state index in [-0.39, 0.29) is 44.3 Å². The molecule has 0 bridgehead atoms. The molecule has 0 heterocycles. The van der Waals surface area contributed by atoms with Crippen molar-refractivity contribution in [1.29, 1.82) is 0 Å². The number of Topliss-reactive ketones (excluding diaryl/α,β-unsaturated/α-hetero) is 1. The van der Waals surface area contributed by atoms with E-state index in [2.05, 4.69) is 0 Å². The molecular weight excluding hydrogens is 233 g/mol. The average molecular weight is 248 g/mol. The molecule has 0 rings (SSSR count). The van der Waals surface area contributed by atoms with Crippen LogP contribution in [0.25, 0.3) is 0 Å². The van der Waals surface area contributed by atoms with Crippen molar-refractivity contribution in [3.63, 3.8) is 0 Å². The first kappa shape index (κ1) is 14.5. The van der Waals surface area contributed by atoms with Gasteiger partial charge in [0.25, 0.3) is 0 Å². The Kier molecular flexibility index (Phi) is 9.28. The summed E-state index contributed by atoms with van der Waals surface area (Å²) in [5.74, 6) is -0.135. The zero-order chi connectivity index (χ0) is 8.85. The molecule has 0 radical (unpaired) electrons. The van der Waals surface area contributed by atoms with Crippen LogP contribution in [-0.2, 0) is 35.8 Å². The second-order valence-corrected chi connectivity index (χ2v) is 2.44. The number of hydrogen-bond donors (Lipinski definition) is 0. The Bertz CT molecular complexity index is 155. The van der Waals surface area contributed by atoms with Crippen molar-refractivity contribution in [2.45, 2.75) is 27.2 Å². The average Bonchev–Trinajstić information content (AvgIpc) is 1.88. The minimum atomic E-state index is -0.0677. The van der Waals surface area contributed by atoms with Crippen LogP contribution in [0.15, 0.2) is 0 Å². The second kappa shape index (κ2) is 7.66. The normalized spacial score (nSPS) is 8.58. The summed E-state index contributed by atoms with van der Waals surface area (Å²) in [5.41, 5.74) is 0. The van der Waals surface area contributed by atoms with Crippen LogP contribution in [0.1, 0.15) is 27.2 Å². The molecule has 3 nitrogen and oxygen atoms in total. The van der Waals surface area contributed by atoms with Gasteiger partial charge in [-0.1, -0.05) is 0 Å². The van der Waals surface area contributed by atoms with Crippen molar-refractivity contribution in [3.8, 4) is 0 Å². The topological polar surface area (TPSA) is 37.4 Å². The Morgan fingerprint density at radius 3 is 1.83 bits per heavy atom. The second-order valence-electron chi connectivity index (χ2n) is 2.44. The summed E-state index contributed by atoms with van der Waals surface area (Å²) in [7, 11) is 0. The van der Waals surface area contributed by atoms with Gasteiger partial charge in [-0.15, -0.1) is 0 Å². The van der Waals surface area contributed by atoms with Crippen molar-refractivity contribution >= 4 is 11.7 Å². The maximum Gasteiger partial charge on any atom is 0.229 e. The third-order valence-electron chi connectivity index (χ3n) is 1.52. The van der Waals surface area contributed by atoms with E-state index in [1.165, 1.54) is 6.92 Å². The fourth-order valence-corrected chi connectivity index (χ4v) is 0.901. The van der Waals surface area contributed by atoms with E-state index in [1.54, 1.807) is 4.90 Å². The molecule has 1 amide bonds. The predicted octanol–water partition coefficient (Wildman–Crippen LogP) is 0.831. The standard InChI is InChI=1S/C8H15NO2.Zr/c1-4-9(5-2)8(11)6-7(3)10;/h4-6H2,1-3H3;. The zero-order valence-corrected chi connectivity index (χ0v) is 10.3. The minimum absolute atomic E-state index is 0. The molecule has 0 aliphatic carbocycles. The molecule has 0 fully saturated rings. The van der Waals surface area contributed by atoms with Gasteiger partial charge in [0.05, 0.1) is 6.42 Å². The third kappa shape index (κ3) is 5.65. The number of carbonyl (C=O) groups is 2. The van der Waals surface area contributed by atoms with E-state index in [9.17, 15) is 9.59 Å². The zero-order valence-electron chi connectivity index (χ0n) is 7.89. The van der Waals surface area contributed by atoms with Gasteiger partial charge in [-0.3, -0.25) is 9.59 Å². The van der Waals surface area contributed by atoms with E-state index in [0.717, 1.165) is 0 Å². The van der Waals surface area contributed by atoms with Crippen LogP contribution < -0.4 is 0 Å². The van der Waals surface area contributed by atoms with Crippen LogP contribution in [0.5, 0.6) is 0 Å². The molecule has 12 heavy (non-hydrogen) atoms. The van der Waals surface area contributed by atoms with Crippen LogP contribution in [0.4, 0.5) is 0 Å². The van der Waals surface area contributed by atoms with Crippen LogP contribution in [0, 0.1) is 0 Å². The van der Waals surface area contributed by atoms with Gasteiger partial charge in [0, 0.05) is 39.3 Å². The Morgan fingerprint density at radius 2 is 1.58 bits per heavy atom. The first-order valence-electron chi connectivity index (χ1n) is 3.89. The summed E-state index contributed by atoms with van der Waals surface area (Å²) in [6, 6.07) is 0. The monoisotopic (exact) mass is 247 g/mol. The maximum absolute atomic E-state index is 11.1. The predicted molar refractivity (Wildman–Crippen MR) is 43.2 cm³/mol. The van der Waals surface area contributed by atoms with E-state index < -0.39 is 0 Å². The molecule has 0 aromatic rings. The van der Waals surface area contributed by atoms with Gasteiger partial charge in [0.15, 0.2) is 0 Å². The van der Waals surface area contributed by atoms with Gasteiger partial charge in [-0.2, -0.15) is 0 Å². The fraction of sp³-hybridized carbons (Fsp3) is 0.750. The molecular formula is C8H15NO2Zr. The molecule has 0 N–H and O–H groups in total. The van der Waals surface area contributed by atoms with Gasteiger partial charge in [-0.25, -0.2) is 0 Å². The van der Waals surface area contributed by atoms with Crippen LogP contribution in [0.3, 0.4) is 0 Å². The van der Waals surface area contributed by atoms with Crippen molar-refractivity contribution in [1.82, 2.24) is 4.90 Å². The summed E-state index contributed by atoms with van der Waals surface area (Å²) >= 11 is 0. The number of ketones is 1. The van der Waals surface area contributed by atoms with Crippen LogP contribution in [-0.4, -0.2) is 29.7 Å². The van der Waals surface area contributed by atoms with Crippen LogP contribution in [0.2, 0.25) is 0 Å². The molecule has 0 spiro atoms. The molecule has 0 saturated heterocycles. The summed E-state index contributed by atoms with van der Waals surface area (Å²) in [6.07, 6.45) is 0.0433. The summed E-state index contributed by atoms with van der Waals surface area (Å²) in [5, 5.41) is 0. The van der Waals surface area contributed by atoms with Gasteiger partial charge in [0.1, 0.15) is 5.78 Å².